The molecule has 0 atom stereocenters. The molecule has 0 bridgehead atoms. The summed E-state index contributed by atoms with van der Waals surface area (Å²) in [5.41, 5.74) is 0. The first-order chi connectivity index (χ1) is 8.86. The molecule has 0 aromatic rings. The first kappa shape index (κ1) is 17.8. The third kappa shape index (κ3) is 9.35. The van der Waals surface area contributed by atoms with Crippen molar-refractivity contribution in [2.24, 2.45) is 5.92 Å². The van der Waals surface area contributed by atoms with Gasteiger partial charge in [0.05, 0.1) is 25.0 Å². The summed E-state index contributed by atoms with van der Waals surface area (Å²) in [6.45, 7) is 4.80. The van der Waals surface area contributed by atoms with E-state index in [0.29, 0.717) is 13.1 Å². The quantitative estimate of drug-likeness (QED) is 0.634. The Morgan fingerprint density at radius 1 is 1.26 bits per heavy atom. The maximum atomic E-state index is 11.9. The predicted molar refractivity (Wildman–Crippen MR) is 73.0 cm³/mol. The molecule has 0 unspecified atom stereocenters. The zero-order chi connectivity index (χ0) is 14.8. The van der Waals surface area contributed by atoms with Crippen LogP contribution in [0.4, 0.5) is 0 Å². The molecular formula is C12H21NO5S. The Kier molecular flexibility index (Phi) is 9.03. The first-order valence-electron chi connectivity index (χ1n) is 6.01. The van der Waals surface area contributed by atoms with Crippen molar-refractivity contribution in [3.63, 3.8) is 0 Å². The van der Waals surface area contributed by atoms with Crippen LogP contribution in [-0.2, 0) is 19.1 Å². The van der Waals surface area contributed by atoms with Gasteiger partial charge in [0.1, 0.15) is 0 Å². The zero-order valence-corrected chi connectivity index (χ0v) is 12.4. The monoisotopic (exact) mass is 291 g/mol. The Balaban J connectivity index is 4.26. The highest BCUT2D eigenvalue weighted by atomic mass is 32.2. The largest absolute Gasteiger partial charge is 0.481 e. The lowest BCUT2D eigenvalue weighted by Crippen LogP contribution is -2.37. The van der Waals surface area contributed by atoms with Crippen molar-refractivity contribution < 1.29 is 24.2 Å². The van der Waals surface area contributed by atoms with Gasteiger partial charge < -0.3 is 14.7 Å². The molecule has 0 aromatic carbocycles. The molecule has 0 aliphatic heterocycles. The molecular weight excluding hydrogens is 270 g/mol. The van der Waals surface area contributed by atoms with Crippen LogP contribution < -0.4 is 0 Å². The lowest BCUT2D eigenvalue weighted by Gasteiger charge is -2.24. The maximum Gasteiger partial charge on any atom is 0.313 e. The topological polar surface area (TPSA) is 83.9 Å². The molecule has 6 nitrogen and oxygen atoms in total. The molecule has 0 aliphatic rings. The van der Waals surface area contributed by atoms with Gasteiger partial charge in [-0.3, -0.25) is 14.4 Å². The summed E-state index contributed by atoms with van der Waals surface area (Å²) in [6.07, 6.45) is 0.151. The summed E-state index contributed by atoms with van der Waals surface area (Å²) in [7, 11) is 1.31. The van der Waals surface area contributed by atoms with Crippen LogP contribution in [0.2, 0.25) is 0 Å². The van der Waals surface area contributed by atoms with Crippen molar-refractivity contribution in [1.82, 2.24) is 4.90 Å². The van der Waals surface area contributed by atoms with E-state index in [-0.39, 0.29) is 35.7 Å². The third-order valence-corrected chi connectivity index (χ3v) is 3.10. The van der Waals surface area contributed by atoms with E-state index in [9.17, 15) is 14.4 Å². The minimum atomic E-state index is -0.942. The summed E-state index contributed by atoms with van der Waals surface area (Å²) in [5, 5.41) is 8.51. The number of hydrogen-bond donors (Lipinski definition) is 1. The van der Waals surface area contributed by atoms with Crippen molar-refractivity contribution >= 4 is 29.6 Å². The number of rotatable bonds is 9. The van der Waals surface area contributed by atoms with Crippen LogP contribution in [-0.4, -0.2) is 59.6 Å². The Hall–Kier alpha value is -1.24. The highest BCUT2D eigenvalue weighted by Gasteiger charge is 2.16. The smallest absolute Gasteiger partial charge is 0.313 e. The number of carbonyl (C=O) groups is 3. The zero-order valence-electron chi connectivity index (χ0n) is 11.5. The van der Waals surface area contributed by atoms with E-state index in [4.69, 9.17) is 5.11 Å². The fourth-order valence-electron chi connectivity index (χ4n) is 1.40. The number of carboxylic acids is 1. The molecule has 0 heterocycles. The van der Waals surface area contributed by atoms with E-state index >= 15 is 0 Å². The van der Waals surface area contributed by atoms with Gasteiger partial charge in [0, 0.05) is 13.1 Å². The van der Waals surface area contributed by atoms with Crippen molar-refractivity contribution in [2.45, 2.75) is 20.3 Å². The number of carboxylic acid groups (broad SMARTS) is 1. The highest BCUT2D eigenvalue weighted by Crippen LogP contribution is 2.06. The second-order valence-electron chi connectivity index (χ2n) is 4.45. The first-order valence-corrected chi connectivity index (χ1v) is 7.16. The van der Waals surface area contributed by atoms with Gasteiger partial charge in [0.15, 0.2) is 0 Å². The fourth-order valence-corrected chi connectivity index (χ4v) is 2.04. The number of methoxy groups -OCH3 is 1. The van der Waals surface area contributed by atoms with Crippen LogP contribution in [0.1, 0.15) is 20.3 Å². The molecule has 0 saturated carbocycles. The van der Waals surface area contributed by atoms with Crippen LogP contribution >= 0.6 is 11.8 Å². The molecule has 0 rings (SSSR count). The fraction of sp³-hybridized carbons (Fsp3) is 0.750. The molecule has 19 heavy (non-hydrogen) atoms. The van der Waals surface area contributed by atoms with Crippen molar-refractivity contribution in [2.75, 3.05) is 31.7 Å². The predicted octanol–water partition coefficient (Wildman–Crippen LogP) is 0.852. The van der Waals surface area contributed by atoms with Gasteiger partial charge in [-0.1, -0.05) is 13.8 Å². The summed E-state index contributed by atoms with van der Waals surface area (Å²) >= 11 is 1.06. The van der Waals surface area contributed by atoms with Gasteiger partial charge in [-0.25, -0.2) is 0 Å². The van der Waals surface area contributed by atoms with Gasteiger partial charge in [-0.2, -0.15) is 0 Å². The minimum absolute atomic E-state index is 0.0989. The molecule has 1 N–H and O–H groups in total. The number of nitrogens with zero attached hydrogens (tertiary/aromatic N) is 1. The highest BCUT2D eigenvalue weighted by molar-refractivity contribution is 8.00. The number of thioether (sulfide) groups is 1. The minimum Gasteiger partial charge on any atom is -0.481 e. The molecule has 1 amide bonds. The number of amides is 1. The van der Waals surface area contributed by atoms with Crippen molar-refractivity contribution in [3.05, 3.63) is 0 Å². The molecule has 0 aromatic heterocycles. The number of carbonyl (C=O) groups excluding carboxylic acids is 2. The Morgan fingerprint density at radius 3 is 2.37 bits per heavy atom. The van der Waals surface area contributed by atoms with E-state index in [1.54, 1.807) is 4.90 Å². The molecule has 0 saturated heterocycles. The summed E-state index contributed by atoms with van der Waals surface area (Å²) in [4.78, 5) is 35.0. The van der Waals surface area contributed by atoms with Crippen LogP contribution in [0.25, 0.3) is 0 Å². The van der Waals surface area contributed by atoms with E-state index in [2.05, 4.69) is 4.74 Å². The number of esters is 1. The molecule has 110 valence electrons. The summed E-state index contributed by atoms with van der Waals surface area (Å²) in [5.74, 6) is -1.16. The van der Waals surface area contributed by atoms with E-state index in [0.717, 1.165) is 11.8 Å². The second-order valence-corrected chi connectivity index (χ2v) is 5.43. The van der Waals surface area contributed by atoms with Crippen LogP contribution in [0.5, 0.6) is 0 Å². The lowest BCUT2D eigenvalue weighted by molar-refractivity contribution is -0.141. The number of hydrogen-bond acceptors (Lipinski definition) is 5. The van der Waals surface area contributed by atoms with Crippen LogP contribution in [0, 0.1) is 5.92 Å². The molecule has 0 aliphatic carbocycles. The SMILES string of the molecule is COC(=O)CCN(CC(C)C)C(=O)CSCC(=O)O. The Bertz CT molecular complexity index is 319. The standard InChI is InChI=1S/C12H21NO5S/c1-9(2)6-13(5-4-12(17)18-3)10(14)7-19-8-11(15)16/h9H,4-8H2,1-3H3,(H,15,16). The Morgan fingerprint density at radius 2 is 1.89 bits per heavy atom. The maximum absolute atomic E-state index is 11.9. The van der Waals surface area contributed by atoms with Gasteiger partial charge >= 0.3 is 11.9 Å². The summed E-state index contributed by atoms with van der Waals surface area (Å²) < 4.78 is 4.54. The summed E-state index contributed by atoms with van der Waals surface area (Å²) in [6, 6.07) is 0. The van der Waals surface area contributed by atoms with E-state index in [1.807, 2.05) is 13.8 Å². The average Bonchev–Trinajstić information content (AvgIpc) is 2.32. The second kappa shape index (κ2) is 9.66. The average molecular weight is 291 g/mol. The lowest BCUT2D eigenvalue weighted by atomic mass is 10.2. The Labute approximate surface area is 117 Å². The number of aliphatic carboxylic acids is 1. The van der Waals surface area contributed by atoms with Gasteiger partial charge in [-0.05, 0) is 5.92 Å². The van der Waals surface area contributed by atoms with E-state index in [1.165, 1.54) is 7.11 Å². The normalized spacial score (nSPS) is 10.3. The van der Waals surface area contributed by atoms with Crippen molar-refractivity contribution in [3.8, 4) is 0 Å². The van der Waals surface area contributed by atoms with E-state index < -0.39 is 5.97 Å². The van der Waals surface area contributed by atoms with Crippen molar-refractivity contribution in [1.29, 1.82) is 0 Å². The third-order valence-electron chi connectivity index (χ3n) is 2.20. The molecule has 0 radical (unpaired) electrons. The molecule has 0 fully saturated rings. The van der Waals surface area contributed by atoms with Crippen LogP contribution in [0.3, 0.4) is 0 Å². The van der Waals surface area contributed by atoms with Gasteiger partial charge in [-0.15, -0.1) is 11.8 Å². The molecule has 0 spiro atoms. The number of ether oxygens (including phenoxy) is 1. The van der Waals surface area contributed by atoms with Crippen LogP contribution in [0.15, 0.2) is 0 Å². The molecule has 7 heteroatoms. The van der Waals surface area contributed by atoms with Gasteiger partial charge in [0.25, 0.3) is 0 Å². The van der Waals surface area contributed by atoms with Gasteiger partial charge in [0.2, 0.25) is 5.91 Å².